The lowest BCUT2D eigenvalue weighted by molar-refractivity contribution is -0.126. The Kier molecular flexibility index (Phi) is 6.17. The van der Waals surface area contributed by atoms with E-state index in [1.165, 1.54) is 12.1 Å². The van der Waals surface area contributed by atoms with E-state index in [2.05, 4.69) is 5.32 Å². The number of nitrogens with one attached hydrogen (secondary N) is 1. The van der Waals surface area contributed by atoms with Crippen LogP contribution in [0.25, 0.3) is 0 Å². The van der Waals surface area contributed by atoms with Crippen LogP contribution in [0.3, 0.4) is 0 Å². The van der Waals surface area contributed by atoms with Crippen LogP contribution in [0.2, 0.25) is 0 Å². The molecule has 1 aromatic carbocycles. The fourth-order valence-electron chi connectivity index (χ4n) is 2.63. The van der Waals surface area contributed by atoms with Gasteiger partial charge in [-0.15, -0.1) is 12.4 Å². The van der Waals surface area contributed by atoms with Crippen molar-refractivity contribution in [2.75, 3.05) is 0 Å². The molecule has 0 aromatic heterocycles. The van der Waals surface area contributed by atoms with Gasteiger partial charge in [-0.25, -0.2) is 4.39 Å². The first-order chi connectivity index (χ1) is 9.39. The Bertz CT molecular complexity index is 468. The molecule has 21 heavy (non-hydrogen) atoms. The van der Waals surface area contributed by atoms with Crippen LogP contribution in [-0.2, 0) is 10.2 Å². The smallest absolute Gasteiger partial charge is 0.230 e. The van der Waals surface area contributed by atoms with Crippen molar-refractivity contribution in [1.29, 1.82) is 0 Å². The molecule has 3 nitrogen and oxygen atoms in total. The molecule has 1 saturated carbocycles. The summed E-state index contributed by atoms with van der Waals surface area (Å²) in [6, 6.07) is 6.61. The van der Waals surface area contributed by atoms with Crippen LogP contribution in [0.15, 0.2) is 24.3 Å². The fraction of sp³-hybridized carbons (Fsp3) is 0.562. The average molecular weight is 315 g/mol. The van der Waals surface area contributed by atoms with E-state index >= 15 is 0 Å². The van der Waals surface area contributed by atoms with Crippen LogP contribution in [-0.4, -0.2) is 18.0 Å². The van der Waals surface area contributed by atoms with E-state index in [0.717, 1.165) is 31.2 Å². The van der Waals surface area contributed by atoms with Gasteiger partial charge in [0.25, 0.3) is 0 Å². The summed E-state index contributed by atoms with van der Waals surface area (Å²) in [6.07, 6.45) is 3.79. The fourth-order valence-corrected chi connectivity index (χ4v) is 2.63. The Balaban J connectivity index is 0.00000220. The summed E-state index contributed by atoms with van der Waals surface area (Å²) < 4.78 is 13.0. The Morgan fingerprint density at radius 2 is 1.71 bits per heavy atom. The SMILES string of the molecule is CC(C)(C(=O)NC1CCC(N)CC1)c1ccc(F)cc1.Cl. The molecule has 1 aromatic rings. The molecule has 0 radical (unpaired) electrons. The Labute approximate surface area is 131 Å². The maximum Gasteiger partial charge on any atom is 0.230 e. The summed E-state index contributed by atoms with van der Waals surface area (Å²) in [7, 11) is 0. The van der Waals surface area contributed by atoms with Crippen molar-refractivity contribution >= 4 is 18.3 Å². The zero-order valence-corrected chi connectivity index (χ0v) is 13.4. The molecule has 1 aliphatic rings. The quantitative estimate of drug-likeness (QED) is 0.901. The molecule has 0 unspecified atom stereocenters. The first-order valence-corrected chi connectivity index (χ1v) is 7.22. The van der Waals surface area contributed by atoms with E-state index < -0.39 is 5.41 Å². The number of carbonyl (C=O) groups excluding carboxylic acids is 1. The standard InChI is InChI=1S/C16H23FN2O.ClH/c1-16(2,11-3-5-12(17)6-4-11)15(20)19-14-9-7-13(18)8-10-14;/h3-6,13-14H,7-10,18H2,1-2H3,(H,19,20);1H. The zero-order chi connectivity index (χ0) is 14.8. The molecule has 0 aliphatic heterocycles. The van der Waals surface area contributed by atoms with Gasteiger partial charge in [-0.1, -0.05) is 12.1 Å². The molecular weight excluding hydrogens is 291 g/mol. The second kappa shape index (κ2) is 7.23. The number of halogens is 2. The van der Waals surface area contributed by atoms with E-state index in [4.69, 9.17) is 5.73 Å². The first-order valence-electron chi connectivity index (χ1n) is 7.22. The van der Waals surface area contributed by atoms with Gasteiger partial charge in [0, 0.05) is 12.1 Å². The van der Waals surface area contributed by atoms with E-state index in [1.54, 1.807) is 12.1 Å². The minimum absolute atomic E-state index is 0. The van der Waals surface area contributed by atoms with E-state index in [0.29, 0.717) is 0 Å². The second-order valence-electron chi connectivity index (χ2n) is 6.22. The number of hydrogen-bond donors (Lipinski definition) is 2. The molecule has 1 aliphatic carbocycles. The molecule has 1 amide bonds. The highest BCUT2D eigenvalue weighted by atomic mass is 35.5. The van der Waals surface area contributed by atoms with Crippen molar-refractivity contribution in [3.63, 3.8) is 0 Å². The van der Waals surface area contributed by atoms with Crippen molar-refractivity contribution < 1.29 is 9.18 Å². The number of rotatable bonds is 3. The number of hydrogen-bond acceptors (Lipinski definition) is 2. The summed E-state index contributed by atoms with van der Waals surface area (Å²) in [5, 5.41) is 3.10. The molecule has 5 heteroatoms. The van der Waals surface area contributed by atoms with Gasteiger partial charge in [0.2, 0.25) is 5.91 Å². The minimum Gasteiger partial charge on any atom is -0.353 e. The van der Waals surface area contributed by atoms with Crippen molar-refractivity contribution in [2.24, 2.45) is 5.73 Å². The van der Waals surface area contributed by atoms with Gasteiger partial charge in [0.1, 0.15) is 5.82 Å². The molecule has 1 fully saturated rings. The lowest BCUT2D eigenvalue weighted by Gasteiger charge is -2.31. The summed E-state index contributed by atoms with van der Waals surface area (Å²) in [5.41, 5.74) is 6.03. The largest absolute Gasteiger partial charge is 0.353 e. The van der Waals surface area contributed by atoms with Gasteiger partial charge in [-0.2, -0.15) is 0 Å². The monoisotopic (exact) mass is 314 g/mol. The second-order valence-corrected chi connectivity index (χ2v) is 6.22. The molecular formula is C16H24ClFN2O. The maximum absolute atomic E-state index is 13.0. The lowest BCUT2D eigenvalue weighted by atomic mass is 9.82. The van der Waals surface area contributed by atoms with Gasteiger partial charge < -0.3 is 11.1 Å². The maximum atomic E-state index is 13.0. The van der Waals surface area contributed by atoms with Crippen LogP contribution in [0.4, 0.5) is 4.39 Å². The third kappa shape index (κ3) is 4.42. The summed E-state index contributed by atoms with van der Waals surface area (Å²) in [6.45, 7) is 3.73. The molecule has 3 N–H and O–H groups in total. The summed E-state index contributed by atoms with van der Waals surface area (Å²) in [4.78, 5) is 12.5. The number of carbonyl (C=O) groups is 1. The van der Waals surface area contributed by atoms with Gasteiger partial charge in [0.15, 0.2) is 0 Å². The first kappa shape index (κ1) is 17.9. The molecule has 0 atom stereocenters. The minimum atomic E-state index is -0.659. The van der Waals surface area contributed by atoms with Gasteiger partial charge in [-0.3, -0.25) is 4.79 Å². The lowest BCUT2D eigenvalue weighted by Crippen LogP contribution is -2.47. The highest BCUT2D eigenvalue weighted by Gasteiger charge is 2.32. The van der Waals surface area contributed by atoms with E-state index in [9.17, 15) is 9.18 Å². The third-order valence-electron chi connectivity index (χ3n) is 4.24. The number of amides is 1. The predicted molar refractivity (Wildman–Crippen MR) is 85.0 cm³/mol. The van der Waals surface area contributed by atoms with Crippen LogP contribution in [0, 0.1) is 5.82 Å². The molecule has 0 heterocycles. The van der Waals surface area contributed by atoms with E-state index in [-0.39, 0.29) is 36.2 Å². The molecule has 0 spiro atoms. The van der Waals surface area contributed by atoms with Crippen molar-refractivity contribution in [3.05, 3.63) is 35.6 Å². The van der Waals surface area contributed by atoms with E-state index in [1.807, 2.05) is 13.8 Å². The number of nitrogens with two attached hydrogens (primary N) is 1. The van der Waals surface area contributed by atoms with Crippen LogP contribution in [0.1, 0.15) is 45.1 Å². The summed E-state index contributed by atoms with van der Waals surface area (Å²) >= 11 is 0. The highest BCUT2D eigenvalue weighted by molar-refractivity contribution is 5.87. The topological polar surface area (TPSA) is 55.1 Å². The summed E-state index contributed by atoms with van der Waals surface area (Å²) in [5.74, 6) is -0.296. The normalized spacial score (nSPS) is 22.3. The molecule has 2 rings (SSSR count). The van der Waals surface area contributed by atoms with Crippen LogP contribution < -0.4 is 11.1 Å². The van der Waals surface area contributed by atoms with Gasteiger partial charge >= 0.3 is 0 Å². The molecule has 118 valence electrons. The third-order valence-corrected chi connectivity index (χ3v) is 4.24. The van der Waals surface area contributed by atoms with Crippen LogP contribution >= 0.6 is 12.4 Å². The van der Waals surface area contributed by atoms with Gasteiger partial charge in [-0.05, 0) is 57.2 Å². The zero-order valence-electron chi connectivity index (χ0n) is 12.6. The van der Waals surface area contributed by atoms with Crippen molar-refractivity contribution in [3.8, 4) is 0 Å². The Hall–Kier alpha value is -1.13. The van der Waals surface area contributed by atoms with Crippen molar-refractivity contribution in [1.82, 2.24) is 5.32 Å². The van der Waals surface area contributed by atoms with Crippen molar-refractivity contribution in [2.45, 2.75) is 57.0 Å². The average Bonchev–Trinajstić information content (AvgIpc) is 2.42. The number of benzene rings is 1. The highest BCUT2D eigenvalue weighted by Crippen LogP contribution is 2.25. The molecule has 0 saturated heterocycles. The predicted octanol–water partition coefficient (Wildman–Crippen LogP) is 2.91. The Morgan fingerprint density at radius 3 is 2.24 bits per heavy atom. The Morgan fingerprint density at radius 1 is 1.19 bits per heavy atom. The molecule has 0 bridgehead atoms. The van der Waals surface area contributed by atoms with Crippen LogP contribution in [0.5, 0.6) is 0 Å². The van der Waals surface area contributed by atoms with Gasteiger partial charge in [0.05, 0.1) is 5.41 Å².